The summed E-state index contributed by atoms with van der Waals surface area (Å²) in [6.07, 6.45) is 1.53. The molecule has 1 aromatic heterocycles. The van der Waals surface area contributed by atoms with Gasteiger partial charge in [0.05, 0.1) is 19.7 Å². The van der Waals surface area contributed by atoms with Gasteiger partial charge in [-0.3, -0.25) is 0 Å². The summed E-state index contributed by atoms with van der Waals surface area (Å²) >= 11 is 0. The summed E-state index contributed by atoms with van der Waals surface area (Å²) in [5.74, 6) is 2.01. The smallest absolute Gasteiger partial charge is 0.162 e. The lowest BCUT2D eigenvalue weighted by molar-refractivity contribution is 0.356. The van der Waals surface area contributed by atoms with Crippen LogP contribution < -0.4 is 19.7 Å². The Morgan fingerprint density at radius 1 is 0.960 bits per heavy atom. The third-order valence-corrected chi connectivity index (χ3v) is 3.77. The molecule has 0 amide bonds. The second kappa shape index (κ2) is 7.90. The van der Waals surface area contributed by atoms with E-state index in [4.69, 9.17) is 9.47 Å². The Kier molecular flexibility index (Phi) is 5.88. The Morgan fingerprint density at radius 2 is 1.68 bits per heavy atom. The maximum Gasteiger partial charge on any atom is 0.162 e. The first-order chi connectivity index (χ1) is 11.6. The third kappa shape index (κ3) is 3.85. The van der Waals surface area contributed by atoms with Gasteiger partial charge in [0.25, 0.3) is 0 Å². The molecule has 0 bridgehead atoms. The van der Waals surface area contributed by atoms with E-state index in [0.717, 1.165) is 28.1 Å². The lowest BCUT2D eigenvalue weighted by atomic mass is 10.2. The predicted octanol–water partition coefficient (Wildman–Crippen LogP) is 3.88. The van der Waals surface area contributed by atoms with Crippen molar-refractivity contribution in [3.63, 3.8) is 0 Å². The number of ether oxygens (including phenoxy) is 2. The van der Waals surface area contributed by atoms with E-state index in [1.807, 2.05) is 38.4 Å². The van der Waals surface area contributed by atoms with E-state index < -0.39 is 0 Å². The maximum atomic E-state index is 5.39. The van der Waals surface area contributed by atoms with Crippen molar-refractivity contribution in [3.8, 4) is 11.5 Å². The number of nitrogens with one attached hydrogen (secondary N) is 1. The summed E-state index contributed by atoms with van der Waals surface area (Å²) in [4.78, 5) is 10.7. The monoisotopic (exact) mass is 360 g/mol. The minimum atomic E-state index is 0. The lowest BCUT2D eigenvalue weighted by Crippen LogP contribution is -2.08. The molecule has 3 rings (SSSR count). The zero-order chi connectivity index (χ0) is 17.1. The van der Waals surface area contributed by atoms with Crippen molar-refractivity contribution in [2.24, 2.45) is 0 Å². The highest BCUT2D eigenvalue weighted by Crippen LogP contribution is 2.34. The van der Waals surface area contributed by atoms with Crippen LogP contribution in [-0.2, 0) is 0 Å². The van der Waals surface area contributed by atoms with Crippen LogP contribution >= 0.6 is 12.4 Å². The van der Waals surface area contributed by atoms with Crippen molar-refractivity contribution in [3.05, 3.63) is 42.7 Å². The SMILES string of the molecule is COc1cc2ncnc(Nc3cccc(N(C)C)c3)c2cc1OC.Cl. The topological polar surface area (TPSA) is 59.5 Å². The number of halogens is 1. The maximum absolute atomic E-state index is 5.39. The number of methoxy groups -OCH3 is 2. The fraction of sp³-hybridized carbons (Fsp3) is 0.222. The average molecular weight is 361 g/mol. The second-order valence-corrected chi connectivity index (χ2v) is 5.52. The zero-order valence-corrected chi connectivity index (χ0v) is 15.4. The van der Waals surface area contributed by atoms with E-state index in [2.05, 4.69) is 32.3 Å². The number of aromatic nitrogens is 2. The van der Waals surface area contributed by atoms with E-state index >= 15 is 0 Å². The Hall–Kier alpha value is -2.73. The van der Waals surface area contributed by atoms with Crippen LogP contribution in [0.1, 0.15) is 0 Å². The third-order valence-electron chi connectivity index (χ3n) is 3.77. The number of hydrogen-bond donors (Lipinski definition) is 1. The van der Waals surface area contributed by atoms with E-state index in [1.54, 1.807) is 14.2 Å². The highest BCUT2D eigenvalue weighted by molar-refractivity contribution is 5.93. The minimum Gasteiger partial charge on any atom is -0.493 e. The van der Waals surface area contributed by atoms with Gasteiger partial charge in [-0.15, -0.1) is 12.4 Å². The van der Waals surface area contributed by atoms with Crippen LogP contribution in [0, 0.1) is 0 Å². The first-order valence-electron chi connectivity index (χ1n) is 7.53. The first kappa shape index (κ1) is 18.6. The molecule has 0 radical (unpaired) electrons. The molecule has 0 aliphatic carbocycles. The van der Waals surface area contributed by atoms with Crippen LogP contribution in [0.4, 0.5) is 17.2 Å². The summed E-state index contributed by atoms with van der Waals surface area (Å²) in [5, 5.41) is 4.22. The van der Waals surface area contributed by atoms with Crippen LogP contribution in [0.25, 0.3) is 10.9 Å². The standard InChI is InChI=1S/C18H20N4O2.ClH/c1-22(2)13-7-5-6-12(8-13)21-18-14-9-16(23-3)17(24-4)10-15(14)19-11-20-18;/h5-11H,1-4H3,(H,19,20,21);1H. The van der Waals surface area contributed by atoms with Crippen molar-refractivity contribution in [2.45, 2.75) is 0 Å². The molecule has 25 heavy (non-hydrogen) atoms. The van der Waals surface area contributed by atoms with Crippen molar-refractivity contribution in [2.75, 3.05) is 38.5 Å². The quantitative estimate of drug-likeness (QED) is 0.745. The normalized spacial score (nSPS) is 10.1. The zero-order valence-electron chi connectivity index (χ0n) is 14.6. The van der Waals surface area contributed by atoms with E-state index in [0.29, 0.717) is 11.5 Å². The van der Waals surface area contributed by atoms with Gasteiger partial charge in [-0.05, 0) is 24.3 Å². The van der Waals surface area contributed by atoms with Crippen molar-refractivity contribution >= 4 is 40.5 Å². The van der Waals surface area contributed by atoms with Gasteiger partial charge in [-0.1, -0.05) is 6.07 Å². The van der Waals surface area contributed by atoms with E-state index in [9.17, 15) is 0 Å². The van der Waals surface area contributed by atoms with E-state index in [-0.39, 0.29) is 12.4 Å². The Morgan fingerprint density at radius 3 is 2.36 bits per heavy atom. The van der Waals surface area contributed by atoms with Crippen molar-refractivity contribution in [1.29, 1.82) is 0 Å². The molecule has 0 aliphatic rings. The van der Waals surface area contributed by atoms with Crippen LogP contribution in [0.2, 0.25) is 0 Å². The number of fused-ring (bicyclic) bond motifs is 1. The molecule has 132 valence electrons. The second-order valence-electron chi connectivity index (χ2n) is 5.52. The first-order valence-corrected chi connectivity index (χ1v) is 7.53. The van der Waals surface area contributed by atoms with Gasteiger partial charge in [-0.2, -0.15) is 0 Å². The number of benzene rings is 2. The number of hydrogen-bond acceptors (Lipinski definition) is 6. The molecule has 0 fully saturated rings. The van der Waals surface area contributed by atoms with Crippen LogP contribution in [0.3, 0.4) is 0 Å². The molecule has 6 nitrogen and oxygen atoms in total. The Balaban J connectivity index is 0.00000225. The minimum absolute atomic E-state index is 0. The fourth-order valence-electron chi connectivity index (χ4n) is 2.48. The largest absolute Gasteiger partial charge is 0.493 e. The van der Waals surface area contributed by atoms with Crippen LogP contribution in [0.15, 0.2) is 42.7 Å². The summed E-state index contributed by atoms with van der Waals surface area (Å²) in [6, 6.07) is 11.8. The highest BCUT2D eigenvalue weighted by atomic mass is 35.5. The Bertz CT molecular complexity index is 871. The van der Waals surface area contributed by atoms with Gasteiger partial charge in [0.15, 0.2) is 11.5 Å². The summed E-state index contributed by atoms with van der Waals surface area (Å²) in [6.45, 7) is 0. The van der Waals surface area contributed by atoms with Gasteiger partial charge in [0.1, 0.15) is 12.1 Å². The number of rotatable bonds is 5. The molecular formula is C18H21ClN4O2. The average Bonchev–Trinajstić information content (AvgIpc) is 2.61. The molecule has 0 saturated heterocycles. The number of anilines is 3. The van der Waals surface area contributed by atoms with E-state index in [1.165, 1.54) is 6.33 Å². The lowest BCUT2D eigenvalue weighted by Gasteiger charge is -2.15. The van der Waals surface area contributed by atoms with Crippen LogP contribution in [-0.4, -0.2) is 38.3 Å². The molecule has 7 heteroatoms. The van der Waals surface area contributed by atoms with Gasteiger partial charge in [0.2, 0.25) is 0 Å². The summed E-state index contributed by atoms with van der Waals surface area (Å²) in [7, 11) is 7.24. The van der Waals surface area contributed by atoms with Crippen molar-refractivity contribution < 1.29 is 9.47 Å². The molecule has 0 unspecified atom stereocenters. The molecule has 0 aliphatic heterocycles. The van der Waals surface area contributed by atoms with Gasteiger partial charge >= 0.3 is 0 Å². The highest BCUT2D eigenvalue weighted by Gasteiger charge is 2.11. The molecule has 0 atom stereocenters. The Labute approximate surface area is 153 Å². The summed E-state index contributed by atoms with van der Waals surface area (Å²) in [5.41, 5.74) is 2.85. The van der Waals surface area contributed by atoms with Gasteiger partial charge < -0.3 is 19.7 Å². The molecule has 0 spiro atoms. The van der Waals surface area contributed by atoms with Gasteiger partial charge in [0, 0.05) is 36.9 Å². The van der Waals surface area contributed by atoms with Gasteiger partial charge in [-0.25, -0.2) is 9.97 Å². The molecule has 2 aromatic carbocycles. The molecule has 3 aromatic rings. The predicted molar refractivity (Wildman–Crippen MR) is 104 cm³/mol. The molecule has 1 N–H and O–H groups in total. The molecular weight excluding hydrogens is 340 g/mol. The number of nitrogens with zero attached hydrogens (tertiary/aromatic N) is 3. The fourth-order valence-corrected chi connectivity index (χ4v) is 2.48. The molecule has 1 heterocycles. The molecule has 0 saturated carbocycles. The summed E-state index contributed by atoms with van der Waals surface area (Å²) < 4.78 is 10.7. The van der Waals surface area contributed by atoms with Crippen molar-refractivity contribution in [1.82, 2.24) is 9.97 Å². The van der Waals surface area contributed by atoms with Crippen LogP contribution in [0.5, 0.6) is 11.5 Å².